The highest BCUT2D eigenvalue weighted by atomic mass is 35.5. The molecule has 1 unspecified atom stereocenters. The van der Waals surface area contributed by atoms with Crippen LogP contribution in [0.2, 0.25) is 5.02 Å². The molecule has 3 N–H and O–H groups in total. The summed E-state index contributed by atoms with van der Waals surface area (Å²) in [5.74, 6) is -1.54. The number of aliphatic carboxylic acids is 1. The van der Waals surface area contributed by atoms with E-state index in [0.29, 0.717) is 10.6 Å². The van der Waals surface area contributed by atoms with Crippen molar-refractivity contribution in [3.8, 4) is 0 Å². The van der Waals surface area contributed by atoms with Gasteiger partial charge in [-0.2, -0.15) is 4.72 Å². The van der Waals surface area contributed by atoms with Gasteiger partial charge in [0.25, 0.3) is 0 Å². The van der Waals surface area contributed by atoms with Crippen molar-refractivity contribution in [2.24, 2.45) is 0 Å². The van der Waals surface area contributed by atoms with E-state index >= 15 is 0 Å². The average molecular weight is 421 g/mol. The molecule has 0 spiro atoms. The predicted octanol–water partition coefficient (Wildman–Crippen LogP) is 2.13. The number of amides is 1. The van der Waals surface area contributed by atoms with Gasteiger partial charge in [0, 0.05) is 5.02 Å². The Morgan fingerprint density at radius 3 is 2.50 bits per heavy atom. The molecular weight excluding hydrogens is 404 g/mol. The summed E-state index contributed by atoms with van der Waals surface area (Å²) in [6.45, 7) is -0.451. The molecule has 0 saturated carbocycles. The second kappa shape index (κ2) is 8.14. The van der Waals surface area contributed by atoms with Gasteiger partial charge >= 0.3 is 5.97 Å². The molecule has 1 amide bonds. The Hall–Kier alpha value is -2.68. The van der Waals surface area contributed by atoms with Crippen molar-refractivity contribution in [3.63, 3.8) is 0 Å². The molecule has 0 bridgehead atoms. The van der Waals surface area contributed by atoms with Gasteiger partial charge in [-0.25, -0.2) is 8.42 Å². The van der Waals surface area contributed by atoms with Crippen molar-refractivity contribution in [3.05, 3.63) is 70.3 Å². The minimum absolute atomic E-state index is 0.00253. The van der Waals surface area contributed by atoms with E-state index < -0.39 is 34.5 Å². The van der Waals surface area contributed by atoms with Gasteiger partial charge in [0.1, 0.15) is 6.54 Å². The van der Waals surface area contributed by atoms with Gasteiger partial charge in [0.05, 0.1) is 17.4 Å². The monoisotopic (exact) mass is 420 g/mol. The zero-order chi connectivity index (χ0) is 20.3. The summed E-state index contributed by atoms with van der Waals surface area (Å²) < 4.78 is 27.9. The maximum absolute atomic E-state index is 12.6. The van der Waals surface area contributed by atoms with E-state index in [0.717, 1.165) is 11.1 Å². The number of carbonyl (C=O) groups is 2. The molecule has 1 aliphatic rings. The van der Waals surface area contributed by atoms with Crippen LogP contribution < -0.4 is 10.0 Å². The van der Waals surface area contributed by atoms with Crippen molar-refractivity contribution in [2.45, 2.75) is 17.4 Å². The van der Waals surface area contributed by atoms with Gasteiger partial charge in [-0.3, -0.25) is 9.59 Å². The van der Waals surface area contributed by atoms with Crippen LogP contribution in [-0.4, -0.2) is 31.9 Å². The summed E-state index contributed by atoms with van der Waals surface area (Å²) in [7, 11) is -3.76. The predicted molar refractivity (Wildman–Crippen MR) is 104 cm³/mol. The van der Waals surface area contributed by atoms with Crippen molar-refractivity contribution >= 4 is 39.6 Å². The van der Waals surface area contributed by atoms with Crippen LogP contribution in [0.15, 0.2) is 53.4 Å². The second-order valence-electron chi connectivity index (χ2n) is 6.18. The molecule has 28 heavy (non-hydrogen) atoms. The third kappa shape index (κ3) is 4.59. The highest BCUT2D eigenvalue weighted by Crippen LogP contribution is 2.32. The van der Waals surface area contributed by atoms with E-state index in [1.807, 2.05) is 0 Å². The first-order valence-electron chi connectivity index (χ1n) is 8.32. The van der Waals surface area contributed by atoms with Crippen molar-refractivity contribution < 1.29 is 23.1 Å². The number of hydrogen-bond donors (Lipinski definition) is 3. The van der Waals surface area contributed by atoms with Gasteiger partial charge in [-0.1, -0.05) is 42.0 Å². The largest absolute Gasteiger partial charge is 0.480 e. The normalized spacial score (nSPS) is 15.2. The lowest BCUT2D eigenvalue weighted by Gasteiger charge is -2.15. The number of benzene rings is 2. The highest BCUT2D eigenvalue weighted by Gasteiger charge is 2.25. The van der Waals surface area contributed by atoms with Crippen molar-refractivity contribution in [1.82, 2.24) is 10.0 Å². The number of hydrogen-bond acceptors (Lipinski definition) is 4. The van der Waals surface area contributed by atoms with Gasteiger partial charge < -0.3 is 10.4 Å². The lowest BCUT2D eigenvalue weighted by Crippen LogP contribution is -2.30. The third-order valence-corrected chi connectivity index (χ3v) is 5.92. The van der Waals surface area contributed by atoms with E-state index in [1.165, 1.54) is 24.3 Å². The standard InChI is InChI=1S/C19H17ClN2O5S/c20-13-4-6-14(7-5-13)28(26,27)22-17-9-8-15-12(2-1-3-16(15)17)10-18(23)21-11-19(24)25/h1-9,17,22H,10-11H2,(H,21,23)(H,24,25). The van der Waals surface area contributed by atoms with Crippen LogP contribution in [0.1, 0.15) is 22.7 Å². The Kier molecular flexibility index (Phi) is 5.83. The summed E-state index contributed by atoms with van der Waals surface area (Å²) in [6.07, 6.45) is 3.46. The molecule has 9 heteroatoms. The van der Waals surface area contributed by atoms with Crippen LogP contribution in [0, 0.1) is 0 Å². The number of nitrogens with one attached hydrogen (secondary N) is 2. The van der Waals surface area contributed by atoms with E-state index in [-0.39, 0.29) is 11.3 Å². The van der Waals surface area contributed by atoms with Crippen LogP contribution in [0.25, 0.3) is 6.08 Å². The first kappa shape index (κ1) is 20.1. The molecular formula is C19H17ClN2O5S. The SMILES string of the molecule is O=C(O)CNC(=O)Cc1cccc2c1C=CC2NS(=O)(=O)c1ccc(Cl)cc1. The average Bonchev–Trinajstić information content (AvgIpc) is 3.04. The van der Waals surface area contributed by atoms with Crippen molar-refractivity contribution in [1.29, 1.82) is 0 Å². The van der Waals surface area contributed by atoms with Crippen LogP contribution in [0.5, 0.6) is 0 Å². The number of carboxylic acids is 1. The van der Waals surface area contributed by atoms with Gasteiger partial charge in [0.15, 0.2) is 0 Å². The maximum atomic E-state index is 12.6. The summed E-state index contributed by atoms with van der Waals surface area (Å²) in [6, 6.07) is 10.5. The smallest absolute Gasteiger partial charge is 0.322 e. The van der Waals surface area contributed by atoms with Gasteiger partial charge in [-0.05, 0) is 41.0 Å². The minimum Gasteiger partial charge on any atom is -0.480 e. The number of fused-ring (bicyclic) bond motifs is 1. The summed E-state index contributed by atoms with van der Waals surface area (Å²) >= 11 is 5.81. The molecule has 0 radical (unpaired) electrons. The molecule has 7 nitrogen and oxygen atoms in total. The molecule has 2 aromatic rings. The summed E-state index contributed by atoms with van der Waals surface area (Å²) in [5.41, 5.74) is 2.16. The topological polar surface area (TPSA) is 113 Å². The quantitative estimate of drug-likeness (QED) is 0.635. The van der Waals surface area contributed by atoms with Gasteiger partial charge in [-0.15, -0.1) is 0 Å². The van der Waals surface area contributed by atoms with E-state index in [9.17, 15) is 18.0 Å². The number of halogens is 1. The molecule has 1 atom stereocenters. The Balaban J connectivity index is 1.77. The van der Waals surface area contributed by atoms with E-state index in [1.54, 1.807) is 30.4 Å². The van der Waals surface area contributed by atoms with Crippen LogP contribution in [-0.2, 0) is 26.0 Å². The van der Waals surface area contributed by atoms with Crippen LogP contribution >= 0.6 is 11.6 Å². The molecule has 0 fully saturated rings. The molecule has 146 valence electrons. The lowest BCUT2D eigenvalue weighted by molar-refractivity contribution is -0.137. The fourth-order valence-corrected chi connectivity index (χ4v) is 4.22. The summed E-state index contributed by atoms with van der Waals surface area (Å²) in [4.78, 5) is 22.6. The Morgan fingerprint density at radius 2 is 1.82 bits per heavy atom. The number of carbonyl (C=O) groups excluding carboxylic acids is 1. The molecule has 0 aliphatic heterocycles. The van der Waals surface area contributed by atoms with Crippen LogP contribution in [0.3, 0.4) is 0 Å². The Labute approximate surface area is 167 Å². The second-order valence-corrected chi connectivity index (χ2v) is 8.33. The lowest BCUT2D eigenvalue weighted by atomic mass is 9.99. The number of carboxylic acid groups (broad SMARTS) is 1. The first-order valence-corrected chi connectivity index (χ1v) is 10.2. The minimum atomic E-state index is -3.76. The molecule has 2 aromatic carbocycles. The molecule has 0 saturated heterocycles. The van der Waals surface area contributed by atoms with Crippen molar-refractivity contribution in [2.75, 3.05) is 6.54 Å². The number of sulfonamides is 1. The zero-order valence-corrected chi connectivity index (χ0v) is 16.1. The summed E-state index contributed by atoms with van der Waals surface area (Å²) in [5, 5.41) is 11.4. The fourth-order valence-electron chi connectivity index (χ4n) is 2.92. The Morgan fingerprint density at radius 1 is 1.11 bits per heavy atom. The molecule has 3 rings (SSSR count). The van der Waals surface area contributed by atoms with E-state index in [2.05, 4.69) is 10.0 Å². The highest BCUT2D eigenvalue weighted by molar-refractivity contribution is 7.89. The fraction of sp³-hybridized carbons (Fsp3) is 0.158. The Bertz CT molecular complexity index is 1050. The molecule has 0 heterocycles. The third-order valence-electron chi connectivity index (χ3n) is 4.21. The number of rotatable bonds is 7. The van der Waals surface area contributed by atoms with E-state index in [4.69, 9.17) is 16.7 Å². The van der Waals surface area contributed by atoms with Crippen LogP contribution in [0.4, 0.5) is 0 Å². The zero-order valence-electron chi connectivity index (χ0n) is 14.6. The first-order chi connectivity index (χ1) is 13.3. The van der Waals surface area contributed by atoms with Gasteiger partial charge in [0.2, 0.25) is 15.9 Å². The molecule has 1 aliphatic carbocycles. The molecule has 0 aromatic heterocycles. The maximum Gasteiger partial charge on any atom is 0.322 e.